The number of imidazole rings is 1. The van der Waals surface area contributed by atoms with Crippen LogP contribution in [0, 0.1) is 5.82 Å². The summed E-state index contributed by atoms with van der Waals surface area (Å²) in [6, 6.07) is 14.7. The van der Waals surface area contributed by atoms with E-state index in [0.717, 1.165) is 11.4 Å². The monoisotopic (exact) mass is 377 g/mol. The highest BCUT2D eigenvalue weighted by Gasteiger charge is 2.24. The average Bonchev–Trinajstić information content (AvgIpc) is 3.35. The second-order valence-electron chi connectivity index (χ2n) is 6.51. The summed E-state index contributed by atoms with van der Waals surface area (Å²) in [6.45, 7) is 1.99. The maximum atomic E-state index is 15.2. The second-order valence-corrected chi connectivity index (χ2v) is 6.51. The molecule has 0 unspecified atom stereocenters. The van der Waals surface area contributed by atoms with Crippen LogP contribution in [0.2, 0.25) is 0 Å². The van der Waals surface area contributed by atoms with E-state index in [1.165, 1.54) is 7.11 Å². The molecule has 0 spiro atoms. The van der Waals surface area contributed by atoms with Gasteiger partial charge in [-0.25, -0.2) is 9.37 Å². The summed E-state index contributed by atoms with van der Waals surface area (Å²) in [4.78, 5) is 4.62. The SMILES string of the molecule is COc1cccc(-c2c(-c3ccccc3)ncn2[C@H](C)c2nncn2C)c1F. The van der Waals surface area contributed by atoms with Crippen LogP contribution >= 0.6 is 0 Å². The molecule has 0 N–H and O–H groups in total. The fourth-order valence-electron chi connectivity index (χ4n) is 3.37. The Bertz CT molecular complexity index is 1100. The van der Waals surface area contributed by atoms with Gasteiger partial charge in [0.1, 0.15) is 6.33 Å². The highest BCUT2D eigenvalue weighted by Crippen LogP contribution is 2.37. The highest BCUT2D eigenvalue weighted by molar-refractivity contribution is 5.79. The molecule has 28 heavy (non-hydrogen) atoms. The van der Waals surface area contributed by atoms with Gasteiger partial charge in [0, 0.05) is 18.2 Å². The minimum absolute atomic E-state index is 0.190. The van der Waals surface area contributed by atoms with Crippen molar-refractivity contribution < 1.29 is 9.13 Å². The molecule has 142 valence electrons. The fraction of sp³-hybridized carbons (Fsp3) is 0.190. The summed E-state index contributed by atoms with van der Waals surface area (Å²) < 4.78 is 24.2. The van der Waals surface area contributed by atoms with Gasteiger partial charge in [0.2, 0.25) is 0 Å². The normalized spacial score (nSPS) is 12.1. The van der Waals surface area contributed by atoms with Crippen LogP contribution in [0.25, 0.3) is 22.5 Å². The summed E-state index contributed by atoms with van der Waals surface area (Å²) in [5.74, 6) is 0.520. The van der Waals surface area contributed by atoms with E-state index in [1.807, 2.05) is 53.4 Å². The zero-order chi connectivity index (χ0) is 19.7. The van der Waals surface area contributed by atoms with Gasteiger partial charge in [-0.3, -0.25) is 0 Å². The number of methoxy groups -OCH3 is 1. The lowest BCUT2D eigenvalue weighted by molar-refractivity contribution is 0.387. The molecule has 4 aromatic rings. The third-order valence-electron chi connectivity index (χ3n) is 4.82. The first kappa shape index (κ1) is 17.9. The first-order valence-electron chi connectivity index (χ1n) is 8.90. The second kappa shape index (κ2) is 7.26. The molecule has 0 saturated heterocycles. The van der Waals surface area contributed by atoms with Crippen LogP contribution in [-0.2, 0) is 7.05 Å². The van der Waals surface area contributed by atoms with Crippen molar-refractivity contribution in [2.75, 3.05) is 7.11 Å². The third-order valence-corrected chi connectivity index (χ3v) is 4.82. The van der Waals surface area contributed by atoms with Crippen LogP contribution in [0.3, 0.4) is 0 Å². The lowest BCUT2D eigenvalue weighted by Crippen LogP contribution is -2.13. The van der Waals surface area contributed by atoms with Gasteiger partial charge in [0.25, 0.3) is 0 Å². The van der Waals surface area contributed by atoms with Crippen LogP contribution in [0.5, 0.6) is 5.75 Å². The van der Waals surface area contributed by atoms with Crippen LogP contribution in [0.4, 0.5) is 4.39 Å². The molecule has 0 bridgehead atoms. The topological polar surface area (TPSA) is 57.8 Å². The summed E-state index contributed by atoms with van der Waals surface area (Å²) in [7, 11) is 3.34. The van der Waals surface area contributed by atoms with Crippen LogP contribution in [0.1, 0.15) is 18.8 Å². The minimum Gasteiger partial charge on any atom is -0.494 e. The average molecular weight is 377 g/mol. The highest BCUT2D eigenvalue weighted by atomic mass is 19.1. The van der Waals surface area contributed by atoms with Crippen molar-refractivity contribution in [3.05, 3.63) is 72.8 Å². The maximum Gasteiger partial charge on any atom is 0.174 e. The molecule has 2 aromatic heterocycles. The Kier molecular flexibility index (Phi) is 4.65. The molecule has 6 nitrogen and oxygen atoms in total. The lowest BCUT2D eigenvalue weighted by Gasteiger charge is -2.18. The van der Waals surface area contributed by atoms with Gasteiger partial charge in [-0.2, -0.15) is 0 Å². The van der Waals surface area contributed by atoms with Crippen LogP contribution < -0.4 is 4.74 Å². The van der Waals surface area contributed by atoms with E-state index >= 15 is 4.39 Å². The zero-order valence-corrected chi connectivity index (χ0v) is 15.9. The molecule has 0 aliphatic rings. The largest absolute Gasteiger partial charge is 0.494 e. The molecular formula is C21H20FN5O. The van der Waals surface area contributed by atoms with Crippen molar-refractivity contribution in [2.24, 2.45) is 7.05 Å². The van der Waals surface area contributed by atoms with E-state index < -0.39 is 5.82 Å². The van der Waals surface area contributed by atoms with Crippen molar-refractivity contribution in [3.63, 3.8) is 0 Å². The Morgan fingerprint density at radius 2 is 1.82 bits per heavy atom. The molecule has 1 atom stereocenters. The van der Waals surface area contributed by atoms with Gasteiger partial charge in [0.05, 0.1) is 30.9 Å². The van der Waals surface area contributed by atoms with E-state index in [4.69, 9.17) is 4.74 Å². The maximum absolute atomic E-state index is 15.2. The summed E-state index contributed by atoms with van der Waals surface area (Å²) >= 11 is 0. The Morgan fingerprint density at radius 1 is 1.04 bits per heavy atom. The van der Waals surface area contributed by atoms with Crippen LogP contribution in [0.15, 0.2) is 61.2 Å². The number of hydrogen-bond donors (Lipinski definition) is 0. The van der Waals surface area contributed by atoms with Crippen LogP contribution in [-0.4, -0.2) is 31.4 Å². The van der Waals surface area contributed by atoms with Gasteiger partial charge >= 0.3 is 0 Å². The molecule has 0 radical (unpaired) electrons. The number of ether oxygens (including phenoxy) is 1. The van der Waals surface area contributed by atoms with E-state index in [1.54, 1.807) is 30.9 Å². The van der Waals surface area contributed by atoms with Gasteiger partial charge in [-0.05, 0) is 19.1 Å². The molecule has 0 amide bonds. The summed E-state index contributed by atoms with van der Waals surface area (Å²) in [6.07, 6.45) is 3.36. The molecular weight excluding hydrogens is 357 g/mol. The summed E-state index contributed by atoms with van der Waals surface area (Å²) in [5.41, 5.74) is 2.69. The fourth-order valence-corrected chi connectivity index (χ4v) is 3.37. The molecule has 2 aromatic carbocycles. The quantitative estimate of drug-likeness (QED) is 0.525. The number of aryl methyl sites for hydroxylation is 1. The van der Waals surface area contributed by atoms with Crippen molar-refractivity contribution in [1.82, 2.24) is 24.3 Å². The van der Waals surface area contributed by atoms with Crippen molar-refractivity contribution in [1.29, 1.82) is 0 Å². The van der Waals surface area contributed by atoms with E-state index in [-0.39, 0.29) is 11.8 Å². The number of halogens is 1. The predicted molar refractivity (Wildman–Crippen MR) is 104 cm³/mol. The van der Waals surface area contributed by atoms with Crippen molar-refractivity contribution in [3.8, 4) is 28.3 Å². The first-order chi connectivity index (χ1) is 13.6. The Balaban J connectivity index is 1.97. The molecule has 0 fully saturated rings. The van der Waals surface area contributed by atoms with Crippen molar-refractivity contribution in [2.45, 2.75) is 13.0 Å². The molecule has 0 aliphatic carbocycles. The Labute approximate surface area is 162 Å². The number of hydrogen-bond acceptors (Lipinski definition) is 4. The molecule has 7 heteroatoms. The number of nitrogens with zero attached hydrogens (tertiary/aromatic N) is 5. The summed E-state index contributed by atoms with van der Waals surface area (Å²) in [5, 5.41) is 8.18. The number of benzene rings is 2. The Morgan fingerprint density at radius 3 is 2.50 bits per heavy atom. The molecule has 4 rings (SSSR count). The van der Waals surface area contributed by atoms with Gasteiger partial charge in [-0.15, -0.1) is 10.2 Å². The van der Waals surface area contributed by atoms with E-state index in [2.05, 4.69) is 15.2 Å². The van der Waals surface area contributed by atoms with E-state index in [0.29, 0.717) is 17.0 Å². The van der Waals surface area contributed by atoms with Crippen molar-refractivity contribution >= 4 is 0 Å². The molecule has 0 saturated carbocycles. The first-order valence-corrected chi connectivity index (χ1v) is 8.90. The number of rotatable bonds is 5. The minimum atomic E-state index is -0.422. The smallest absolute Gasteiger partial charge is 0.174 e. The van der Waals surface area contributed by atoms with Gasteiger partial charge in [-0.1, -0.05) is 36.4 Å². The Hall–Kier alpha value is -3.48. The van der Waals surface area contributed by atoms with Gasteiger partial charge < -0.3 is 13.9 Å². The zero-order valence-electron chi connectivity index (χ0n) is 15.9. The molecule has 2 heterocycles. The van der Waals surface area contributed by atoms with Gasteiger partial charge in [0.15, 0.2) is 17.4 Å². The third kappa shape index (κ3) is 2.94. The standard InChI is InChI=1S/C21H20FN5O/c1-14(21-25-24-13-26(21)2)27-12-23-19(15-8-5-4-6-9-15)20(27)16-10-7-11-17(28-3)18(16)22/h4-14H,1-3H3/t14-/m1/s1. The predicted octanol–water partition coefficient (Wildman–Crippen LogP) is 4.10. The molecule has 0 aliphatic heterocycles. The lowest BCUT2D eigenvalue weighted by atomic mass is 10.0. The number of aromatic nitrogens is 5. The van der Waals surface area contributed by atoms with E-state index in [9.17, 15) is 0 Å².